The number of nitrogens with one attached hydrogen (secondary N) is 1. The van der Waals surface area contributed by atoms with Crippen molar-refractivity contribution in [3.05, 3.63) is 12.3 Å². The molecule has 3 nitrogen and oxygen atoms in total. The molecule has 0 amide bonds. The van der Waals surface area contributed by atoms with Crippen molar-refractivity contribution in [1.29, 1.82) is 0 Å². The molecule has 0 aromatic rings. The van der Waals surface area contributed by atoms with E-state index in [2.05, 4.69) is 5.43 Å². The zero-order valence-corrected chi connectivity index (χ0v) is 4.83. The number of rotatable bonds is 1. The van der Waals surface area contributed by atoms with Gasteiger partial charge in [0.2, 0.25) is 0 Å². The predicted molar refractivity (Wildman–Crippen MR) is 30.9 cm³/mol. The Labute approximate surface area is 48.6 Å². The van der Waals surface area contributed by atoms with E-state index in [0.29, 0.717) is 0 Å². The summed E-state index contributed by atoms with van der Waals surface area (Å²) in [5.41, 5.74) is 2.98. The van der Waals surface area contributed by atoms with Crippen molar-refractivity contribution in [2.75, 3.05) is 13.7 Å². The Morgan fingerprint density at radius 3 is 2.88 bits per heavy atom. The van der Waals surface area contributed by atoms with Crippen LogP contribution < -0.4 is 5.43 Å². The van der Waals surface area contributed by atoms with Gasteiger partial charge in [-0.25, -0.2) is 5.43 Å². The molecule has 0 saturated carbocycles. The van der Waals surface area contributed by atoms with Crippen molar-refractivity contribution in [3.63, 3.8) is 0 Å². The van der Waals surface area contributed by atoms with Crippen molar-refractivity contribution in [2.45, 2.75) is 6.04 Å². The fourth-order valence-corrected chi connectivity index (χ4v) is 0.682. The van der Waals surface area contributed by atoms with E-state index >= 15 is 0 Å². The van der Waals surface area contributed by atoms with Gasteiger partial charge in [0.05, 0.1) is 12.6 Å². The molecule has 1 rings (SSSR count). The number of hydrogen-bond acceptors (Lipinski definition) is 3. The molecular formula is C5H10N2O. The molecule has 0 aromatic carbocycles. The second kappa shape index (κ2) is 2.15. The van der Waals surface area contributed by atoms with Crippen LogP contribution in [-0.2, 0) is 0 Å². The van der Waals surface area contributed by atoms with Crippen LogP contribution in [0.3, 0.4) is 0 Å². The summed E-state index contributed by atoms with van der Waals surface area (Å²) in [6, 6.07) is 0.125. The highest BCUT2D eigenvalue weighted by atomic mass is 16.3. The molecule has 0 spiro atoms. The van der Waals surface area contributed by atoms with E-state index in [0.717, 1.165) is 0 Å². The Morgan fingerprint density at radius 2 is 2.62 bits per heavy atom. The molecule has 1 unspecified atom stereocenters. The van der Waals surface area contributed by atoms with E-state index in [9.17, 15) is 0 Å². The van der Waals surface area contributed by atoms with Crippen LogP contribution in [0.2, 0.25) is 0 Å². The standard InChI is InChI=1S/C5H10N2O/c1-7-3-2-5(4-8)6-7/h2-3,5-6,8H,4H2,1H3. The second-order valence-corrected chi connectivity index (χ2v) is 1.87. The van der Waals surface area contributed by atoms with Crippen LogP contribution >= 0.6 is 0 Å². The smallest absolute Gasteiger partial charge is 0.0691 e. The molecule has 3 heteroatoms. The van der Waals surface area contributed by atoms with Crippen LogP contribution in [0.1, 0.15) is 0 Å². The van der Waals surface area contributed by atoms with E-state index in [4.69, 9.17) is 5.11 Å². The number of aliphatic hydroxyl groups excluding tert-OH is 1. The third kappa shape index (κ3) is 0.993. The lowest BCUT2D eigenvalue weighted by atomic mass is 10.3. The Bertz CT molecular complexity index is 103. The quantitative estimate of drug-likeness (QED) is 0.473. The number of aliphatic hydroxyl groups is 1. The lowest BCUT2D eigenvalue weighted by molar-refractivity contribution is 0.225. The maximum atomic E-state index is 8.54. The first-order valence-corrected chi connectivity index (χ1v) is 2.61. The summed E-state index contributed by atoms with van der Waals surface area (Å²) in [7, 11) is 1.90. The van der Waals surface area contributed by atoms with Gasteiger partial charge in [0.15, 0.2) is 0 Å². The van der Waals surface area contributed by atoms with Gasteiger partial charge < -0.3 is 10.1 Å². The van der Waals surface area contributed by atoms with Gasteiger partial charge in [0.25, 0.3) is 0 Å². The van der Waals surface area contributed by atoms with Crippen molar-refractivity contribution >= 4 is 0 Å². The van der Waals surface area contributed by atoms with Crippen LogP contribution in [0, 0.1) is 0 Å². The molecular weight excluding hydrogens is 104 g/mol. The zero-order chi connectivity index (χ0) is 5.98. The first kappa shape index (κ1) is 5.59. The van der Waals surface area contributed by atoms with E-state index in [-0.39, 0.29) is 12.6 Å². The fourth-order valence-electron chi connectivity index (χ4n) is 0.682. The third-order valence-electron chi connectivity index (χ3n) is 1.11. The van der Waals surface area contributed by atoms with E-state index in [1.807, 2.05) is 24.3 Å². The molecule has 0 bridgehead atoms. The van der Waals surface area contributed by atoms with Gasteiger partial charge in [0, 0.05) is 13.2 Å². The molecule has 1 aliphatic rings. The minimum absolute atomic E-state index is 0.125. The van der Waals surface area contributed by atoms with E-state index in [1.54, 1.807) is 0 Å². The monoisotopic (exact) mass is 114 g/mol. The number of nitrogens with zero attached hydrogens (tertiary/aromatic N) is 1. The largest absolute Gasteiger partial charge is 0.394 e. The van der Waals surface area contributed by atoms with Gasteiger partial charge in [-0.15, -0.1) is 0 Å². The molecule has 2 N–H and O–H groups in total. The molecule has 0 aliphatic carbocycles. The Morgan fingerprint density at radius 1 is 1.88 bits per heavy atom. The maximum Gasteiger partial charge on any atom is 0.0691 e. The highest BCUT2D eigenvalue weighted by molar-refractivity contribution is 4.96. The Balaban J connectivity index is 2.34. The zero-order valence-electron chi connectivity index (χ0n) is 4.83. The first-order valence-electron chi connectivity index (χ1n) is 2.61. The molecule has 8 heavy (non-hydrogen) atoms. The Kier molecular flexibility index (Phi) is 1.50. The SMILES string of the molecule is CN1C=CC(CO)N1. The van der Waals surface area contributed by atoms with Crippen molar-refractivity contribution in [3.8, 4) is 0 Å². The molecule has 0 saturated heterocycles. The minimum Gasteiger partial charge on any atom is -0.394 e. The molecule has 1 aliphatic heterocycles. The number of hydrazine groups is 1. The summed E-state index contributed by atoms with van der Waals surface area (Å²) in [6.07, 6.45) is 3.81. The van der Waals surface area contributed by atoms with Gasteiger partial charge in [-0.1, -0.05) is 0 Å². The van der Waals surface area contributed by atoms with Crippen LogP contribution in [-0.4, -0.2) is 29.8 Å². The van der Waals surface area contributed by atoms with Crippen LogP contribution in [0.25, 0.3) is 0 Å². The summed E-state index contributed by atoms with van der Waals surface area (Å²) in [4.78, 5) is 0. The molecule has 46 valence electrons. The average Bonchev–Trinajstić information content (AvgIpc) is 2.14. The van der Waals surface area contributed by atoms with Gasteiger partial charge in [-0.05, 0) is 6.08 Å². The maximum absolute atomic E-state index is 8.54. The van der Waals surface area contributed by atoms with Crippen LogP contribution in [0.5, 0.6) is 0 Å². The summed E-state index contributed by atoms with van der Waals surface area (Å²) in [5.74, 6) is 0. The summed E-state index contributed by atoms with van der Waals surface area (Å²) >= 11 is 0. The molecule has 1 atom stereocenters. The van der Waals surface area contributed by atoms with Gasteiger partial charge in [0.1, 0.15) is 0 Å². The lowest BCUT2D eigenvalue weighted by Gasteiger charge is -2.11. The predicted octanol–water partition coefficient (Wildman–Crippen LogP) is -0.689. The van der Waals surface area contributed by atoms with Crippen LogP contribution in [0.4, 0.5) is 0 Å². The topological polar surface area (TPSA) is 35.5 Å². The summed E-state index contributed by atoms with van der Waals surface area (Å²) in [5, 5.41) is 10.4. The number of hydrogen-bond donors (Lipinski definition) is 2. The minimum atomic E-state index is 0.125. The normalized spacial score (nSPS) is 27.2. The van der Waals surface area contributed by atoms with Crippen molar-refractivity contribution in [1.82, 2.24) is 10.4 Å². The summed E-state index contributed by atoms with van der Waals surface area (Å²) in [6.45, 7) is 0.167. The average molecular weight is 114 g/mol. The van der Waals surface area contributed by atoms with E-state index < -0.39 is 0 Å². The van der Waals surface area contributed by atoms with Crippen molar-refractivity contribution < 1.29 is 5.11 Å². The van der Waals surface area contributed by atoms with Gasteiger partial charge in [-0.2, -0.15) is 0 Å². The first-order chi connectivity index (χ1) is 3.83. The van der Waals surface area contributed by atoms with Crippen molar-refractivity contribution in [2.24, 2.45) is 0 Å². The summed E-state index contributed by atoms with van der Waals surface area (Å²) < 4.78 is 0. The molecule has 0 fully saturated rings. The highest BCUT2D eigenvalue weighted by Gasteiger charge is 2.08. The lowest BCUT2D eigenvalue weighted by Crippen LogP contribution is -2.34. The Hall–Kier alpha value is -0.540. The molecule has 1 heterocycles. The molecule has 0 aromatic heterocycles. The third-order valence-corrected chi connectivity index (χ3v) is 1.11. The van der Waals surface area contributed by atoms with E-state index in [1.165, 1.54) is 0 Å². The van der Waals surface area contributed by atoms with Gasteiger partial charge in [-0.3, -0.25) is 0 Å². The molecule has 0 radical (unpaired) electrons. The van der Waals surface area contributed by atoms with Gasteiger partial charge >= 0.3 is 0 Å². The second-order valence-electron chi connectivity index (χ2n) is 1.87. The van der Waals surface area contributed by atoms with Crippen LogP contribution in [0.15, 0.2) is 12.3 Å². The highest BCUT2D eigenvalue weighted by Crippen LogP contribution is 1.95. The fraction of sp³-hybridized carbons (Fsp3) is 0.600.